The summed E-state index contributed by atoms with van der Waals surface area (Å²) < 4.78 is 27.0. The average Bonchev–Trinajstić information content (AvgIpc) is 3.30. The fraction of sp³-hybridized carbons (Fsp3) is 0.458. The Bertz CT molecular complexity index is 1190. The number of alkyl carbamates (subject to hydrolysis) is 1. The molecule has 1 aliphatic carbocycles. The molecule has 3 aromatic rings. The molecule has 0 saturated heterocycles. The van der Waals surface area contributed by atoms with Crippen molar-refractivity contribution in [3.63, 3.8) is 0 Å². The summed E-state index contributed by atoms with van der Waals surface area (Å²) in [4.78, 5) is 20.5. The van der Waals surface area contributed by atoms with E-state index in [9.17, 15) is 19.4 Å². The van der Waals surface area contributed by atoms with Crippen molar-refractivity contribution in [2.75, 3.05) is 0 Å². The molecule has 9 nitrogen and oxygen atoms in total. The Labute approximate surface area is 196 Å². The van der Waals surface area contributed by atoms with Crippen molar-refractivity contribution in [1.82, 2.24) is 19.9 Å². The second-order valence-electron chi connectivity index (χ2n) is 9.47. The van der Waals surface area contributed by atoms with E-state index in [1.807, 2.05) is 23.8 Å². The molecule has 2 aromatic heterocycles. The van der Waals surface area contributed by atoms with Crippen LogP contribution in [0.25, 0.3) is 11.0 Å². The number of nitrogens with one attached hydrogen (secondary N) is 1. The first-order chi connectivity index (χ1) is 16.0. The van der Waals surface area contributed by atoms with Crippen molar-refractivity contribution in [3.05, 3.63) is 53.9 Å². The molecular weight excluding hydrogens is 443 g/mol. The van der Waals surface area contributed by atoms with E-state index in [0.29, 0.717) is 23.4 Å². The second-order valence-corrected chi connectivity index (χ2v) is 9.47. The number of rotatable bonds is 5. The van der Waals surface area contributed by atoms with Crippen molar-refractivity contribution >= 4 is 17.1 Å². The quantitative estimate of drug-likeness (QED) is 0.522. The lowest BCUT2D eigenvalue weighted by Crippen LogP contribution is -2.35. The maximum atomic E-state index is 13.9. The molecular formula is C24H29FN4O5. The van der Waals surface area contributed by atoms with Gasteiger partial charge in [0.05, 0.1) is 11.7 Å². The van der Waals surface area contributed by atoms with Crippen molar-refractivity contribution in [1.29, 1.82) is 0 Å². The summed E-state index contributed by atoms with van der Waals surface area (Å²) in [5.74, 6) is -0.197. The predicted octanol–water partition coefficient (Wildman–Crippen LogP) is 3.02. The Hall–Kier alpha value is -3.24. The zero-order valence-corrected chi connectivity index (χ0v) is 19.5. The van der Waals surface area contributed by atoms with E-state index in [2.05, 4.69) is 15.3 Å². The standard InChI is InChI=1S/C24H29FN4O5/c1-13-16-7-8-29(22(16)28-12-27-13)17-10-19(21(31)20(17)30)33-18-6-5-15(25)9-14(18)11-26-23(32)34-24(2,3)4/h5-9,12,17,19-21,30-31H,10-11H2,1-4H3,(H,26,32)/t17-,19+,20+,21-/m0/s1. The monoisotopic (exact) mass is 472 g/mol. The van der Waals surface area contributed by atoms with Gasteiger partial charge in [-0.15, -0.1) is 0 Å². The van der Waals surface area contributed by atoms with Gasteiger partial charge in [0.15, 0.2) is 0 Å². The number of amides is 1. The van der Waals surface area contributed by atoms with Crippen LogP contribution in [0.15, 0.2) is 36.8 Å². The molecule has 182 valence electrons. The first-order valence-corrected chi connectivity index (χ1v) is 11.1. The molecule has 1 fully saturated rings. The molecule has 0 bridgehead atoms. The third-order valence-electron chi connectivity index (χ3n) is 5.79. The lowest BCUT2D eigenvalue weighted by Gasteiger charge is -2.22. The third-order valence-corrected chi connectivity index (χ3v) is 5.79. The Balaban J connectivity index is 1.51. The van der Waals surface area contributed by atoms with Crippen molar-refractivity contribution < 1.29 is 28.9 Å². The molecule has 0 aliphatic heterocycles. The van der Waals surface area contributed by atoms with Gasteiger partial charge in [0.2, 0.25) is 0 Å². The fourth-order valence-electron chi connectivity index (χ4n) is 4.17. The van der Waals surface area contributed by atoms with Crippen LogP contribution in [0.4, 0.5) is 9.18 Å². The van der Waals surface area contributed by atoms with Crippen LogP contribution in [0.5, 0.6) is 5.75 Å². The summed E-state index contributed by atoms with van der Waals surface area (Å²) in [5, 5.41) is 24.9. The number of nitrogens with zero attached hydrogens (tertiary/aromatic N) is 3. The molecule has 0 unspecified atom stereocenters. The molecule has 4 atom stereocenters. The number of hydrogen-bond donors (Lipinski definition) is 3. The minimum Gasteiger partial charge on any atom is -0.487 e. The molecule has 1 saturated carbocycles. The highest BCUT2D eigenvalue weighted by Gasteiger charge is 2.44. The Morgan fingerprint density at radius 3 is 2.74 bits per heavy atom. The van der Waals surface area contributed by atoms with Crippen LogP contribution in [0.3, 0.4) is 0 Å². The van der Waals surface area contributed by atoms with Gasteiger partial charge in [-0.05, 0) is 52.0 Å². The van der Waals surface area contributed by atoms with Gasteiger partial charge in [0, 0.05) is 30.1 Å². The van der Waals surface area contributed by atoms with Gasteiger partial charge in [-0.3, -0.25) is 0 Å². The maximum Gasteiger partial charge on any atom is 0.407 e. The van der Waals surface area contributed by atoms with Crippen LogP contribution in [-0.4, -0.2) is 54.8 Å². The number of benzene rings is 1. The van der Waals surface area contributed by atoms with Crippen molar-refractivity contribution in [2.45, 2.75) is 70.6 Å². The number of halogens is 1. The van der Waals surface area contributed by atoms with E-state index < -0.39 is 41.9 Å². The highest BCUT2D eigenvalue weighted by molar-refractivity contribution is 5.78. The molecule has 10 heteroatoms. The van der Waals surface area contributed by atoms with Crippen molar-refractivity contribution in [2.24, 2.45) is 0 Å². The van der Waals surface area contributed by atoms with Gasteiger partial charge in [-0.2, -0.15) is 0 Å². The molecule has 3 N–H and O–H groups in total. The number of aromatic nitrogens is 3. The smallest absolute Gasteiger partial charge is 0.407 e. The summed E-state index contributed by atoms with van der Waals surface area (Å²) in [6, 6.07) is 5.32. The minimum absolute atomic E-state index is 0.0325. The number of hydrogen-bond acceptors (Lipinski definition) is 7. The molecule has 2 heterocycles. The topological polar surface area (TPSA) is 119 Å². The molecule has 1 amide bonds. The highest BCUT2D eigenvalue weighted by atomic mass is 19.1. The average molecular weight is 473 g/mol. The summed E-state index contributed by atoms with van der Waals surface area (Å²) in [6.45, 7) is 7.08. The van der Waals surface area contributed by atoms with Gasteiger partial charge in [-0.1, -0.05) is 0 Å². The first kappa shape index (κ1) is 23.9. The minimum atomic E-state index is -1.18. The SMILES string of the molecule is Cc1ncnc2c1ccn2[C@H]1C[C@@H](Oc2ccc(F)cc2CNC(=O)OC(C)(C)C)[C@H](O)[C@@H]1O. The molecule has 0 spiro atoms. The van der Waals surface area contributed by atoms with Crippen LogP contribution in [0.2, 0.25) is 0 Å². The molecule has 1 aliphatic rings. The molecule has 4 rings (SSSR count). The first-order valence-electron chi connectivity index (χ1n) is 11.1. The maximum absolute atomic E-state index is 13.9. The highest BCUT2D eigenvalue weighted by Crippen LogP contribution is 2.36. The third kappa shape index (κ3) is 4.97. The van der Waals surface area contributed by atoms with Crippen molar-refractivity contribution in [3.8, 4) is 5.75 Å². The van der Waals surface area contributed by atoms with Crippen LogP contribution in [0, 0.1) is 12.7 Å². The number of fused-ring (bicyclic) bond motifs is 1. The van der Waals surface area contributed by atoms with E-state index >= 15 is 0 Å². The number of ether oxygens (including phenoxy) is 2. The Kier molecular flexibility index (Phi) is 6.46. The van der Waals surface area contributed by atoms with Gasteiger partial charge < -0.3 is 29.6 Å². The van der Waals surface area contributed by atoms with E-state index in [1.165, 1.54) is 24.5 Å². The number of aryl methyl sites for hydroxylation is 1. The number of aliphatic hydroxyl groups excluding tert-OH is 2. The van der Waals surface area contributed by atoms with Gasteiger partial charge >= 0.3 is 6.09 Å². The van der Waals surface area contributed by atoms with E-state index in [0.717, 1.165) is 11.1 Å². The zero-order chi connectivity index (χ0) is 24.6. The zero-order valence-electron chi connectivity index (χ0n) is 19.5. The normalized spacial score (nSPS) is 22.7. The lowest BCUT2D eigenvalue weighted by molar-refractivity contribution is -0.0166. The van der Waals surface area contributed by atoms with E-state index in [1.54, 1.807) is 20.8 Å². The molecule has 1 aromatic carbocycles. The Morgan fingerprint density at radius 1 is 1.24 bits per heavy atom. The van der Waals surface area contributed by atoms with Gasteiger partial charge in [-0.25, -0.2) is 19.2 Å². The summed E-state index contributed by atoms with van der Waals surface area (Å²) in [7, 11) is 0. The summed E-state index contributed by atoms with van der Waals surface area (Å²) >= 11 is 0. The fourth-order valence-corrected chi connectivity index (χ4v) is 4.17. The number of carbonyl (C=O) groups excluding carboxylic acids is 1. The predicted molar refractivity (Wildman–Crippen MR) is 122 cm³/mol. The largest absolute Gasteiger partial charge is 0.487 e. The van der Waals surface area contributed by atoms with E-state index in [4.69, 9.17) is 9.47 Å². The van der Waals surface area contributed by atoms with E-state index in [-0.39, 0.29) is 6.54 Å². The van der Waals surface area contributed by atoms with Gasteiger partial charge in [0.25, 0.3) is 0 Å². The molecule has 0 radical (unpaired) electrons. The van der Waals surface area contributed by atoms with Crippen LogP contribution < -0.4 is 10.1 Å². The summed E-state index contributed by atoms with van der Waals surface area (Å²) in [5.41, 5.74) is 1.19. The van der Waals surface area contributed by atoms with Crippen LogP contribution in [0.1, 0.15) is 44.5 Å². The molecule has 34 heavy (non-hydrogen) atoms. The second kappa shape index (κ2) is 9.19. The Morgan fingerprint density at radius 2 is 2.00 bits per heavy atom. The van der Waals surface area contributed by atoms with Gasteiger partial charge in [0.1, 0.15) is 47.5 Å². The lowest BCUT2D eigenvalue weighted by atomic mass is 10.1. The van der Waals surface area contributed by atoms with Crippen LogP contribution >= 0.6 is 0 Å². The summed E-state index contributed by atoms with van der Waals surface area (Å²) in [6.07, 6.45) is -0.110. The van der Waals surface area contributed by atoms with Crippen LogP contribution in [-0.2, 0) is 11.3 Å². The number of aliphatic hydroxyl groups is 2. The number of carbonyl (C=O) groups is 1.